The lowest BCUT2D eigenvalue weighted by molar-refractivity contribution is 0.159. The van der Waals surface area contributed by atoms with Crippen LogP contribution in [0, 0.1) is 0 Å². The van der Waals surface area contributed by atoms with Crippen LogP contribution in [0.15, 0.2) is 36.4 Å². The second-order valence-electron chi connectivity index (χ2n) is 4.47. The molecule has 17 heavy (non-hydrogen) atoms. The molecule has 1 aromatic rings. The van der Waals surface area contributed by atoms with Gasteiger partial charge in [-0.15, -0.1) is 0 Å². The zero-order valence-electron chi connectivity index (χ0n) is 10.3. The first kappa shape index (κ1) is 12.3. The first-order valence-electron chi connectivity index (χ1n) is 6.48. The third kappa shape index (κ3) is 5.66. The smallest absolute Gasteiger partial charge is 0.0650 e. The summed E-state index contributed by atoms with van der Waals surface area (Å²) >= 11 is 0. The molecular formula is C15H21NO. The largest absolute Gasteiger partial charge is 0.377 e. The van der Waals surface area contributed by atoms with Crippen LogP contribution in [0.1, 0.15) is 24.8 Å². The van der Waals surface area contributed by atoms with Gasteiger partial charge in [-0.2, -0.15) is 0 Å². The van der Waals surface area contributed by atoms with E-state index in [0.717, 1.165) is 25.6 Å². The maximum absolute atomic E-state index is 5.53. The summed E-state index contributed by atoms with van der Waals surface area (Å²) in [4.78, 5) is 0. The van der Waals surface area contributed by atoms with Crippen LogP contribution >= 0.6 is 0 Å². The molecule has 1 N–H and O–H groups in total. The van der Waals surface area contributed by atoms with Crippen LogP contribution in [0.2, 0.25) is 0 Å². The van der Waals surface area contributed by atoms with Crippen LogP contribution in [0.5, 0.6) is 0 Å². The fourth-order valence-electron chi connectivity index (χ4n) is 1.67. The molecule has 0 saturated heterocycles. The van der Waals surface area contributed by atoms with Crippen molar-refractivity contribution < 1.29 is 4.74 Å². The van der Waals surface area contributed by atoms with E-state index >= 15 is 0 Å². The molecule has 0 unspecified atom stereocenters. The van der Waals surface area contributed by atoms with Gasteiger partial charge in [0, 0.05) is 12.6 Å². The quantitative estimate of drug-likeness (QED) is 0.695. The number of nitrogens with one attached hydrogen (secondary N) is 1. The van der Waals surface area contributed by atoms with Crippen molar-refractivity contribution in [2.45, 2.75) is 25.3 Å². The zero-order chi connectivity index (χ0) is 11.8. The number of rotatable bonds is 8. The molecule has 1 aliphatic rings. The molecule has 1 fully saturated rings. The number of hydrogen-bond acceptors (Lipinski definition) is 2. The molecular weight excluding hydrogens is 210 g/mol. The van der Waals surface area contributed by atoms with Crippen molar-refractivity contribution in [3.63, 3.8) is 0 Å². The second kappa shape index (κ2) is 7.25. The van der Waals surface area contributed by atoms with Crippen molar-refractivity contribution in [3.05, 3.63) is 42.0 Å². The Morgan fingerprint density at radius 1 is 1.24 bits per heavy atom. The Bertz CT molecular complexity index is 330. The van der Waals surface area contributed by atoms with Crippen LogP contribution in [-0.4, -0.2) is 25.8 Å². The molecule has 2 rings (SSSR count). The number of hydrogen-bond donors (Lipinski definition) is 1. The lowest BCUT2D eigenvalue weighted by Gasteiger charge is -2.02. The predicted molar refractivity (Wildman–Crippen MR) is 71.9 cm³/mol. The van der Waals surface area contributed by atoms with E-state index in [4.69, 9.17) is 4.74 Å². The van der Waals surface area contributed by atoms with Crippen LogP contribution in [0.25, 0.3) is 6.08 Å². The molecule has 2 nitrogen and oxygen atoms in total. The highest BCUT2D eigenvalue weighted by Gasteiger charge is 2.19. The Morgan fingerprint density at radius 3 is 2.82 bits per heavy atom. The summed E-state index contributed by atoms with van der Waals surface area (Å²) in [6, 6.07) is 11.1. The van der Waals surface area contributed by atoms with Gasteiger partial charge in [0.05, 0.1) is 6.61 Å². The van der Waals surface area contributed by atoms with Crippen molar-refractivity contribution in [3.8, 4) is 0 Å². The molecule has 1 aliphatic carbocycles. The molecule has 1 aromatic carbocycles. The van der Waals surface area contributed by atoms with E-state index < -0.39 is 0 Å². The highest BCUT2D eigenvalue weighted by atomic mass is 16.5. The molecule has 2 heteroatoms. The van der Waals surface area contributed by atoms with Gasteiger partial charge in [0.2, 0.25) is 0 Å². The van der Waals surface area contributed by atoms with Gasteiger partial charge in [-0.1, -0.05) is 42.5 Å². The summed E-state index contributed by atoms with van der Waals surface area (Å²) in [7, 11) is 0. The van der Waals surface area contributed by atoms with Crippen molar-refractivity contribution >= 4 is 6.08 Å². The molecule has 1 saturated carbocycles. The lowest BCUT2D eigenvalue weighted by atomic mass is 10.2. The average Bonchev–Trinajstić information content (AvgIpc) is 3.18. The van der Waals surface area contributed by atoms with E-state index in [0.29, 0.717) is 6.61 Å². The lowest BCUT2D eigenvalue weighted by Crippen LogP contribution is -2.18. The van der Waals surface area contributed by atoms with Gasteiger partial charge in [-0.3, -0.25) is 0 Å². The van der Waals surface area contributed by atoms with E-state index in [-0.39, 0.29) is 0 Å². The SMILES string of the molecule is C(=C\c1ccccc1)/COCCCNC1CC1. The fraction of sp³-hybridized carbons (Fsp3) is 0.467. The third-order valence-corrected chi connectivity index (χ3v) is 2.80. The molecule has 0 amide bonds. The van der Waals surface area contributed by atoms with Gasteiger partial charge in [0.1, 0.15) is 0 Å². The van der Waals surface area contributed by atoms with E-state index in [9.17, 15) is 0 Å². The van der Waals surface area contributed by atoms with Crippen molar-refractivity contribution in [2.24, 2.45) is 0 Å². The summed E-state index contributed by atoms with van der Waals surface area (Å²) in [5, 5.41) is 3.48. The number of ether oxygens (including phenoxy) is 1. The van der Waals surface area contributed by atoms with Gasteiger partial charge in [0.15, 0.2) is 0 Å². The normalized spacial score (nSPS) is 15.5. The Kier molecular flexibility index (Phi) is 5.27. The summed E-state index contributed by atoms with van der Waals surface area (Å²) in [5.41, 5.74) is 1.23. The summed E-state index contributed by atoms with van der Waals surface area (Å²) in [6.07, 6.45) is 8.00. The van der Waals surface area contributed by atoms with Gasteiger partial charge >= 0.3 is 0 Å². The fourth-order valence-corrected chi connectivity index (χ4v) is 1.67. The molecule has 0 aliphatic heterocycles. The summed E-state index contributed by atoms with van der Waals surface area (Å²) < 4.78 is 5.53. The van der Waals surface area contributed by atoms with Crippen molar-refractivity contribution in [1.82, 2.24) is 5.32 Å². The Hall–Kier alpha value is -1.12. The molecule has 92 valence electrons. The molecule has 0 aromatic heterocycles. The average molecular weight is 231 g/mol. The standard InChI is InChI=1S/C15H21NO/c1-2-6-14(7-3-1)8-4-12-17-13-5-11-16-15-9-10-15/h1-4,6-8,15-16H,5,9-13H2/b8-4+. The van der Waals surface area contributed by atoms with Gasteiger partial charge in [0.25, 0.3) is 0 Å². The van der Waals surface area contributed by atoms with Gasteiger partial charge < -0.3 is 10.1 Å². The molecule has 0 heterocycles. The summed E-state index contributed by atoms with van der Waals surface area (Å²) in [6.45, 7) is 2.64. The van der Waals surface area contributed by atoms with Crippen LogP contribution in [-0.2, 0) is 4.74 Å². The molecule has 0 spiro atoms. The minimum atomic E-state index is 0.707. The van der Waals surface area contributed by atoms with Crippen molar-refractivity contribution in [2.75, 3.05) is 19.8 Å². The van der Waals surface area contributed by atoms with Crippen LogP contribution in [0.4, 0.5) is 0 Å². The Morgan fingerprint density at radius 2 is 2.06 bits per heavy atom. The van der Waals surface area contributed by atoms with E-state index in [1.165, 1.54) is 18.4 Å². The first-order chi connectivity index (χ1) is 8.45. The Balaban J connectivity index is 1.46. The maximum Gasteiger partial charge on any atom is 0.0650 e. The van der Waals surface area contributed by atoms with E-state index in [1.54, 1.807) is 0 Å². The van der Waals surface area contributed by atoms with E-state index in [2.05, 4.69) is 29.6 Å². The topological polar surface area (TPSA) is 21.3 Å². The minimum Gasteiger partial charge on any atom is -0.377 e. The Labute approximate surface area is 104 Å². The minimum absolute atomic E-state index is 0.707. The second-order valence-corrected chi connectivity index (χ2v) is 4.47. The van der Waals surface area contributed by atoms with E-state index in [1.807, 2.05) is 18.2 Å². The third-order valence-electron chi connectivity index (χ3n) is 2.80. The summed E-state index contributed by atoms with van der Waals surface area (Å²) in [5.74, 6) is 0. The maximum atomic E-state index is 5.53. The highest BCUT2D eigenvalue weighted by molar-refractivity contribution is 5.48. The van der Waals surface area contributed by atoms with Gasteiger partial charge in [-0.25, -0.2) is 0 Å². The van der Waals surface area contributed by atoms with Crippen LogP contribution < -0.4 is 5.32 Å². The zero-order valence-corrected chi connectivity index (χ0v) is 10.3. The van der Waals surface area contributed by atoms with Crippen molar-refractivity contribution in [1.29, 1.82) is 0 Å². The van der Waals surface area contributed by atoms with Crippen LogP contribution in [0.3, 0.4) is 0 Å². The molecule has 0 bridgehead atoms. The monoisotopic (exact) mass is 231 g/mol. The molecule has 0 radical (unpaired) electrons. The first-order valence-corrected chi connectivity index (χ1v) is 6.48. The molecule has 0 atom stereocenters. The predicted octanol–water partition coefficient (Wildman–Crippen LogP) is 2.86. The van der Waals surface area contributed by atoms with Gasteiger partial charge in [-0.05, 0) is 31.4 Å². The number of benzene rings is 1. The highest BCUT2D eigenvalue weighted by Crippen LogP contribution is 2.18.